The molecule has 0 aromatic rings. The molecule has 5 nitrogen and oxygen atoms in total. The Morgan fingerprint density at radius 1 is 1.31 bits per heavy atom. The molecule has 2 aliphatic rings. The quantitative estimate of drug-likeness (QED) is 0.580. The maximum absolute atomic E-state index is 11.9. The van der Waals surface area contributed by atoms with Crippen LogP contribution in [0.15, 0.2) is 0 Å². The van der Waals surface area contributed by atoms with Gasteiger partial charge in [-0.25, -0.2) is 0 Å². The lowest BCUT2D eigenvalue weighted by Crippen LogP contribution is -2.60. The lowest BCUT2D eigenvalue weighted by molar-refractivity contribution is -0.124. The normalized spacial score (nSPS) is 39.6. The van der Waals surface area contributed by atoms with E-state index in [2.05, 4.69) is 22.9 Å². The molecule has 3 N–H and O–H groups in total. The summed E-state index contributed by atoms with van der Waals surface area (Å²) in [6.07, 6.45) is 1.06. The molecule has 0 saturated carbocycles. The maximum Gasteiger partial charge on any atom is 0.238 e. The van der Waals surface area contributed by atoms with E-state index in [4.69, 9.17) is 4.74 Å². The standard InChI is InChI=1S/C11H21N3O2/c1-7-5-13-10(6-12-7)11(15)14-9-3-4-16-8(9)2/h7-10,12-13H,3-6H2,1-2H3,(H,14,15). The maximum atomic E-state index is 11.9. The van der Waals surface area contributed by atoms with Gasteiger partial charge in [-0.15, -0.1) is 0 Å². The van der Waals surface area contributed by atoms with Crippen molar-refractivity contribution in [3.05, 3.63) is 0 Å². The van der Waals surface area contributed by atoms with Gasteiger partial charge in [0.05, 0.1) is 18.2 Å². The van der Waals surface area contributed by atoms with E-state index in [1.165, 1.54) is 0 Å². The van der Waals surface area contributed by atoms with Gasteiger partial charge in [0.1, 0.15) is 0 Å². The van der Waals surface area contributed by atoms with Crippen molar-refractivity contribution in [3.8, 4) is 0 Å². The van der Waals surface area contributed by atoms with Gasteiger partial charge in [0.2, 0.25) is 5.91 Å². The fourth-order valence-electron chi connectivity index (χ4n) is 2.17. The second kappa shape index (κ2) is 5.12. The third-order valence-electron chi connectivity index (χ3n) is 3.36. The smallest absolute Gasteiger partial charge is 0.238 e. The van der Waals surface area contributed by atoms with Crippen molar-refractivity contribution in [1.82, 2.24) is 16.0 Å². The summed E-state index contributed by atoms with van der Waals surface area (Å²) in [5, 5.41) is 9.58. The summed E-state index contributed by atoms with van der Waals surface area (Å²) >= 11 is 0. The zero-order valence-electron chi connectivity index (χ0n) is 9.95. The van der Waals surface area contributed by atoms with Crippen LogP contribution < -0.4 is 16.0 Å². The predicted octanol–water partition coefficient (Wildman–Crippen LogP) is -0.770. The van der Waals surface area contributed by atoms with Crippen LogP contribution in [0.5, 0.6) is 0 Å². The molecular weight excluding hydrogens is 206 g/mol. The molecule has 4 atom stereocenters. The first-order valence-electron chi connectivity index (χ1n) is 6.05. The number of amides is 1. The molecule has 16 heavy (non-hydrogen) atoms. The molecule has 5 heteroatoms. The molecule has 1 amide bonds. The highest BCUT2D eigenvalue weighted by Crippen LogP contribution is 2.12. The average Bonchev–Trinajstić information content (AvgIpc) is 2.65. The number of carbonyl (C=O) groups is 1. The van der Waals surface area contributed by atoms with Crippen LogP contribution in [-0.2, 0) is 9.53 Å². The predicted molar refractivity (Wildman–Crippen MR) is 61.2 cm³/mol. The first-order chi connectivity index (χ1) is 7.66. The Bertz CT molecular complexity index is 252. The van der Waals surface area contributed by atoms with Gasteiger partial charge in [0, 0.05) is 25.7 Å². The second-order valence-electron chi connectivity index (χ2n) is 4.75. The minimum absolute atomic E-state index is 0.0850. The molecule has 92 valence electrons. The molecule has 0 aliphatic carbocycles. The lowest BCUT2D eigenvalue weighted by atomic mass is 10.1. The van der Waals surface area contributed by atoms with Crippen LogP contribution in [0.1, 0.15) is 20.3 Å². The van der Waals surface area contributed by atoms with Crippen LogP contribution in [-0.4, -0.2) is 49.8 Å². The van der Waals surface area contributed by atoms with Crippen LogP contribution in [0, 0.1) is 0 Å². The third-order valence-corrected chi connectivity index (χ3v) is 3.36. The minimum Gasteiger partial charge on any atom is -0.376 e. The summed E-state index contributed by atoms with van der Waals surface area (Å²) < 4.78 is 5.42. The van der Waals surface area contributed by atoms with Gasteiger partial charge < -0.3 is 20.7 Å². The Balaban J connectivity index is 1.79. The SMILES string of the molecule is CC1CNC(C(=O)NC2CCOC2C)CN1. The first kappa shape index (κ1) is 11.8. The largest absolute Gasteiger partial charge is 0.376 e. The highest BCUT2D eigenvalue weighted by atomic mass is 16.5. The number of nitrogens with one attached hydrogen (secondary N) is 3. The van der Waals surface area contributed by atoms with E-state index in [0.29, 0.717) is 12.6 Å². The van der Waals surface area contributed by atoms with Crippen molar-refractivity contribution in [1.29, 1.82) is 0 Å². The Labute approximate surface area is 96.3 Å². The summed E-state index contributed by atoms with van der Waals surface area (Å²) in [7, 11) is 0. The Kier molecular flexibility index (Phi) is 3.78. The van der Waals surface area contributed by atoms with E-state index in [0.717, 1.165) is 19.6 Å². The van der Waals surface area contributed by atoms with Crippen molar-refractivity contribution in [2.75, 3.05) is 19.7 Å². The second-order valence-corrected chi connectivity index (χ2v) is 4.75. The number of hydrogen-bond donors (Lipinski definition) is 3. The van der Waals surface area contributed by atoms with Gasteiger partial charge >= 0.3 is 0 Å². The molecule has 4 unspecified atom stereocenters. The molecule has 2 saturated heterocycles. The van der Waals surface area contributed by atoms with Gasteiger partial charge in [-0.3, -0.25) is 4.79 Å². The zero-order chi connectivity index (χ0) is 11.5. The number of ether oxygens (including phenoxy) is 1. The molecule has 0 spiro atoms. The number of carbonyl (C=O) groups excluding carboxylic acids is 1. The summed E-state index contributed by atoms with van der Waals surface area (Å²) in [5.41, 5.74) is 0. The number of hydrogen-bond acceptors (Lipinski definition) is 4. The van der Waals surface area contributed by atoms with E-state index in [-0.39, 0.29) is 24.1 Å². The molecule has 2 aliphatic heterocycles. The molecule has 2 rings (SSSR count). The summed E-state index contributed by atoms with van der Waals surface area (Å²) in [6, 6.07) is 0.510. The van der Waals surface area contributed by atoms with Crippen LogP contribution in [0.25, 0.3) is 0 Å². The van der Waals surface area contributed by atoms with Crippen LogP contribution in [0.2, 0.25) is 0 Å². The first-order valence-corrected chi connectivity index (χ1v) is 6.05. The Morgan fingerprint density at radius 2 is 2.12 bits per heavy atom. The molecule has 0 aromatic heterocycles. The Hall–Kier alpha value is -0.650. The summed E-state index contributed by atoms with van der Waals surface area (Å²) in [6.45, 7) is 6.41. The summed E-state index contributed by atoms with van der Waals surface area (Å²) in [5.74, 6) is 0.0850. The van der Waals surface area contributed by atoms with Gasteiger partial charge in [0.25, 0.3) is 0 Å². The van der Waals surface area contributed by atoms with Crippen molar-refractivity contribution in [3.63, 3.8) is 0 Å². The fraction of sp³-hybridized carbons (Fsp3) is 0.909. The van der Waals surface area contributed by atoms with Crippen molar-refractivity contribution in [2.45, 2.75) is 44.5 Å². The van der Waals surface area contributed by atoms with Gasteiger partial charge in [0.15, 0.2) is 0 Å². The topological polar surface area (TPSA) is 62.4 Å². The van der Waals surface area contributed by atoms with E-state index in [1.54, 1.807) is 0 Å². The highest BCUT2D eigenvalue weighted by molar-refractivity contribution is 5.82. The van der Waals surface area contributed by atoms with E-state index in [1.807, 2.05) is 6.92 Å². The minimum atomic E-state index is -0.107. The number of piperazine rings is 1. The third kappa shape index (κ3) is 2.72. The molecule has 0 aromatic carbocycles. The van der Waals surface area contributed by atoms with E-state index in [9.17, 15) is 4.79 Å². The Morgan fingerprint density at radius 3 is 2.69 bits per heavy atom. The van der Waals surface area contributed by atoms with Crippen LogP contribution in [0.3, 0.4) is 0 Å². The van der Waals surface area contributed by atoms with Crippen LogP contribution >= 0.6 is 0 Å². The van der Waals surface area contributed by atoms with E-state index < -0.39 is 0 Å². The van der Waals surface area contributed by atoms with Gasteiger partial charge in [-0.2, -0.15) is 0 Å². The summed E-state index contributed by atoms with van der Waals surface area (Å²) in [4.78, 5) is 11.9. The zero-order valence-corrected chi connectivity index (χ0v) is 9.95. The molecule has 2 fully saturated rings. The van der Waals surface area contributed by atoms with Crippen molar-refractivity contribution >= 4 is 5.91 Å². The fourth-order valence-corrected chi connectivity index (χ4v) is 2.17. The lowest BCUT2D eigenvalue weighted by Gasteiger charge is -2.29. The van der Waals surface area contributed by atoms with Gasteiger partial charge in [-0.1, -0.05) is 0 Å². The van der Waals surface area contributed by atoms with Crippen LogP contribution in [0.4, 0.5) is 0 Å². The van der Waals surface area contributed by atoms with E-state index >= 15 is 0 Å². The molecule has 0 radical (unpaired) electrons. The monoisotopic (exact) mass is 227 g/mol. The number of rotatable bonds is 2. The van der Waals surface area contributed by atoms with Gasteiger partial charge in [-0.05, 0) is 20.3 Å². The highest BCUT2D eigenvalue weighted by Gasteiger charge is 2.29. The molecule has 2 heterocycles. The van der Waals surface area contributed by atoms with Crippen molar-refractivity contribution in [2.24, 2.45) is 0 Å². The van der Waals surface area contributed by atoms with Crippen molar-refractivity contribution < 1.29 is 9.53 Å². The molecular formula is C11H21N3O2. The molecule has 0 bridgehead atoms. The average molecular weight is 227 g/mol.